The molecule has 1 saturated carbocycles. The first-order chi connectivity index (χ1) is 10.4. The second-order valence-corrected chi connectivity index (χ2v) is 7.55. The van der Waals surface area contributed by atoms with Crippen LogP contribution in [0, 0.1) is 23.2 Å². The van der Waals surface area contributed by atoms with Crippen LogP contribution < -0.4 is 4.90 Å². The molecule has 2 fully saturated rings. The van der Waals surface area contributed by atoms with E-state index in [0.29, 0.717) is 5.69 Å². The number of carbonyl (C=O) groups excluding carboxylic acids is 2. The summed E-state index contributed by atoms with van der Waals surface area (Å²) in [7, 11) is 0. The van der Waals surface area contributed by atoms with Crippen molar-refractivity contribution >= 4 is 52.3 Å². The van der Waals surface area contributed by atoms with Gasteiger partial charge in [0.15, 0.2) is 0 Å². The molecule has 0 spiro atoms. The Morgan fingerprint density at radius 3 is 2.36 bits per heavy atom. The molecule has 4 atom stereocenters. The lowest BCUT2D eigenvalue weighted by Crippen LogP contribution is -2.37. The van der Waals surface area contributed by atoms with E-state index >= 15 is 0 Å². The monoisotopic (exact) mass is 355 g/mol. The zero-order valence-electron chi connectivity index (χ0n) is 11.6. The zero-order chi connectivity index (χ0) is 15.8. The average Bonchev–Trinajstić information content (AvgIpc) is 3.09. The summed E-state index contributed by atoms with van der Waals surface area (Å²) in [6, 6.07) is 3.04. The Morgan fingerprint density at radius 1 is 1.14 bits per heavy atom. The van der Waals surface area contributed by atoms with Crippen molar-refractivity contribution in [2.24, 2.45) is 23.2 Å². The van der Waals surface area contributed by atoms with E-state index in [1.807, 2.05) is 6.92 Å². The maximum atomic E-state index is 13.0. The van der Waals surface area contributed by atoms with Gasteiger partial charge in [0.1, 0.15) is 0 Å². The van der Waals surface area contributed by atoms with Crippen molar-refractivity contribution in [1.29, 1.82) is 0 Å². The number of rotatable bonds is 1. The summed E-state index contributed by atoms with van der Waals surface area (Å²) in [6.07, 6.45) is 5.01. The number of hydrogen-bond acceptors (Lipinski definition) is 2. The topological polar surface area (TPSA) is 37.4 Å². The van der Waals surface area contributed by atoms with E-state index in [9.17, 15) is 9.59 Å². The molecule has 2 aliphatic carbocycles. The summed E-state index contributed by atoms with van der Waals surface area (Å²) in [5.74, 6) is -0.354. The van der Waals surface area contributed by atoms with Crippen LogP contribution in [0.15, 0.2) is 24.3 Å². The molecule has 22 heavy (non-hydrogen) atoms. The number of fused-ring (bicyclic) bond motifs is 5. The van der Waals surface area contributed by atoms with Crippen LogP contribution in [-0.2, 0) is 9.59 Å². The molecule has 1 aliphatic heterocycles. The molecule has 1 aromatic rings. The maximum absolute atomic E-state index is 13.0. The van der Waals surface area contributed by atoms with Gasteiger partial charge in [-0.2, -0.15) is 0 Å². The summed E-state index contributed by atoms with van der Waals surface area (Å²) in [5.41, 5.74) is -0.265. The van der Waals surface area contributed by atoms with E-state index in [0.717, 1.165) is 6.42 Å². The number of carbonyl (C=O) groups is 2. The molecule has 3 nitrogen and oxygen atoms in total. The summed E-state index contributed by atoms with van der Waals surface area (Å²) in [4.78, 5) is 27.0. The van der Waals surface area contributed by atoms with Gasteiger partial charge in [0.2, 0.25) is 11.8 Å². The maximum Gasteiger partial charge on any atom is 0.241 e. The lowest BCUT2D eigenvalue weighted by Gasteiger charge is -2.28. The van der Waals surface area contributed by atoms with Crippen LogP contribution in [0.4, 0.5) is 5.69 Å². The molecule has 0 radical (unpaired) electrons. The molecule has 0 unspecified atom stereocenters. The van der Waals surface area contributed by atoms with Gasteiger partial charge in [0, 0.05) is 0 Å². The van der Waals surface area contributed by atoms with E-state index < -0.39 is 5.41 Å². The predicted molar refractivity (Wildman–Crippen MR) is 86.3 cm³/mol. The minimum absolute atomic E-state index is 0.127. The van der Waals surface area contributed by atoms with Gasteiger partial charge in [-0.1, -0.05) is 47.0 Å². The number of amides is 2. The van der Waals surface area contributed by atoms with Gasteiger partial charge in [0.05, 0.1) is 32.1 Å². The zero-order valence-corrected chi connectivity index (χ0v) is 13.9. The van der Waals surface area contributed by atoms with Gasteiger partial charge in [-0.25, -0.2) is 4.90 Å². The van der Waals surface area contributed by atoms with Crippen LogP contribution in [0.1, 0.15) is 13.3 Å². The van der Waals surface area contributed by atoms with Gasteiger partial charge in [0.25, 0.3) is 0 Å². The second kappa shape index (κ2) is 4.50. The van der Waals surface area contributed by atoms with Crippen molar-refractivity contribution in [3.8, 4) is 0 Å². The lowest BCUT2D eigenvalue weighted by atomic mass is 9.71. The highest BCUT2D eigenvalue weighted by Crippen LogP contribution is 2.61. The molecular formula is C16H12Cl3NO2. The normalized spacial score (nSPS) is 35.6. The minimum Gasteiger partial charge on any atom is -0.274 e. The summed E-state index contributed by atoms with van der Waals surface area (Å²) in [5, 5.41) is 0.681. The van der Waals surface area contributed by atoms with E-state index in [1.165, 1.54) is 17.0 Å². The third kappa shape index (κ3) is 1.60. The number of anilines is 1. The fraction of sp³-hybridized carbons (Fsp3) is 0.375. The molecule has 1 heterocycles. The smallest absolute Gasteiger partial charge is 0.241 e. The summed E-state index contributed by atoms with van der Waals surface area (Å²) < 4.78 is 0. The number of benzene rings is 1. The van der Waals surface area contributed by atoms with E-state index in [4.69, 9.17) is 34.8 Å². The molecule has 3 aliphatic rings. The number of hydrogen-bond donors (Lipinski definition) is 0. The number of halogens is 3. The van der Waals surface area contributed by atoms with Crippen LogP contribution >= 0.6 is 34.8 Å². The number of allylic oxidation sites excluding steroid dienone is 2. The molecule has 2 amide bonds. The largest absolute Gasteiger partial charge is 0.274 e. The van der Waals surface area contributed by atoms with Gasteiger partial charge in [-0.15, -0.1) is 0 Å². The highest BCUT2D eigenvalue weighted by Gasteiger charge is 2.67. The molecule has 6 heteroatoms. The van der Waals surface area contributed by atoms with E-state index in [2.05, 4.69) is 12.2 Å². The Labute approximate surface area is 142 Å². The van der Waals surface area contributed by atoms with Crippen LogP contribution in [0.5, 0.6) is 0 Å². The number of imide groups is 1. The van der Waals surface area contributed by atoms with Crippen LogP contribution in [0.25, 0.3) is 0 Å². The molecule has 0 N–H and O–H groups in total. The summed E-state index contributed by atoms with van der Waals surface area (Å²) in [6.45, 7) is 1.89. The molecule has 0 aromatic heterocycles. The molecule has 2 bridgehead atoms. The molecule has 1 aromatic carbocycles. The Morgan fingerprint density at radius 2 is 1.77 bits per heavy atom. The van der Waals surface area contributed by atoms with Crippen molar-refractivity contribution in [2.75, 3.05) is 4.90 Å². The molecule has 4 rings (SSSR count). The third-order valence-electron chi connectivity index (χ3n) is 5.34. The quantitative estimate of drug-likeness (QED) is 0.426. The predicted octanol–water partition coefficient (Wildman–Crippen LogP) is 4.35. The van der Waals surface area contributed by atoms with Gasteiger partial charge in [-0.05, 0) is 37.3 Å². The van der Waals surface area contributed by atoms with Crippen molar-refractivity contribution < 1.29 is 9.59 Å². The number of nitrogens with zero attached hydrogens (tertiary/aromatic N) is 1. The van der Waals surface area contributed by atoms with Crippen molar-refractivity contribution in [2.45, 2.75) is 13.3 Å². The Bertz CT molecular complexity index is 737. The second-order valence-electron chi connectivity index (χ2n) is 6.35. The van der Waals surface area contributed by atoms with Gasteiger partial charge < -0.3 is 0 Å². The third-order valence-corrected chi connectivity index (χ3v) is 6.54. The Balaban J connectivity index is 1.83. The van der Waals surface area contributed by atoms with Gasteiger partial charge in [-0.3, -0.25) is 9.59 Å². The van der Waals surface area contributed by atoms with Crippen molar-refractivity contribution in [3.63, 3.8) is 0 Å². The van der Waals surface area contributed by atoms with Crippen LogP contribution in [0.3, 0.4) is 0 Å². The van der Waals surface area contributed by atoms with Crippen molar-refractivity contribution in [1.82, 2.24) is 0 Å². The fourth-order valence-electron chi connectivity index (χ4n) is 4.22. The lowest BCUT2D eigenvalue weighted by molar-refractivity contribution is -0.127. The SMILES string of the molecule is C[C@]12C(=O)N(c3cc(Cl)c(Cl)c(Cl)c3)C(=O)[C@H]1[C@@H]1C=C[C@@H]2C1. The molecular weight excluding hydrogens is 345 g/mol. The standard InChI is InChI=1S/C16H12Cl3NO2/c1-16-8-3-2-7(4-8)12(16)14(21)20(15(16)22)9-5-10(17)13(19)11(18)6-9/h2-3,5-8,12H,4H2,1H3/t7-,8-,12-,16-/m1/s1. The first kappa shape index (κ1) is 14.6. The van der Waals surface area contributed by atoms with Crippen LogP contribution in [0.2, 0.25) is 15.1 Å². The Kier molecular flexibility index (Phi) is 2.98. The molecule has 1 saturated heterocycles. The average molecular weight is 357 g/mol. The molecule has 114 valence electrons. The highest BCUT2D eigenvalue weighted by molar-refractivity contribution is 6.48. The first-order valence-corrected chi connectivity index (χ1v) is 8.20. The van der Waals surface area contributed by atoms with Crippen LogP contribution in [-0.4, -0.2) is 11.8 Å². The van der Waals surface area contributed by atoms with Gasteiger partial charge >= 0.3 is 0 Å². The minimum atomic E-state index is -0.658. The fourth-order valence-corrected chi connectivity index (χ4v) is 4.81. The van der Waals surface area contributed by atoms with E-state index in [1.54, 1.807) is 0 Å². The van der Waals surface area contributed by atoms with Crippen molar-refractivity contribution in [3.05, 3.63) is 39.4 Å². The summed E-state index contributed by atoms with van der Waals surface area (Å²) >= 11 is 18.0. The first-order valence-electron chi connectivity index (χ1n) is 7.07. The van der Waals surface area contributed by atoms with E-state index in [-0.39, 0.29) is 44.6 Å². The highest BCUT2D eigenvalue weighted by atomic mass is 35.5. The Hall–Kier alpha value is -1.03.